The van der Waals surface area contributed by atoms with Crippen LogP contribution in [-0.4, -0.2) is 4.98 Å². The molecule has 4 heteroatoms. The second-order valence-electron chi connectivity index (χ2n) is 3.34. The molecule has 62 valence electrons. The zero-order chi connectivity index (χ0) is 8.65. The lowest BCUT2D eigenvalue weighted by Crippen LogP contribution is -2.08. The highest BCUT2D eigenvalue weighted by atomic mass is 79.9. The highest BCUT2D eigenvalue weighted by Gasteiger charge is 2.21. The van der Waals surface area contributed by atoms with Gasteiger partial charge in [0.2, 0.25) is 0 Å². The third-order valence-corrected chi connectivity index (χ3v) is 3.56. The Morgan fingerprint density at radius 2 is 2.00 bits per heavy atom. The standard InChI is InChI=1S/C7H9BrClNS/c1-7(2,3)4-5(9)10-6(8)11-4/h1-3H3. The van der Waals surface area contributed by atoms with E-state index in [9.17, 15) is 0 Å². The molecule has 0 aliphatic rings. The van der Waals surface area contributed by atoms with Crippen LogP contribution in [0.25, 0.3) is 0 Å². The maximum Gasteiger partial charge on any atom is 0.161 e. The van der Waals surface area contributed by atoms with Crippen LogP contribution in [-0.2, 0) is 5.41 Å². The molecule has 1 aromatic heterocycles. The third-order valence-electron chi connectivity index (χ3n) is 1.24. The number of hydrogen-bond donors (Lipinski definition) is 0. The van der Waals surface area contributed by atoms with Crippen molar-refractivity contribution in [3.8, 4) is 0 Å². The van der Waals surface area contributed by atoms with Gasteiger partial charge in [-0.05, 0) is 21.3 Å². The summed E-state index contributed by atoms with van der Waals surface area (Å²) < 4.78 is 0.854. The summed E-state index contributed by atoms with van der Waals surface area (Å²) in [5.74, 6) is 0. The molecule has 0 aliphatic heterocycles. The Bertz CT molecular complexity index is 264. The van der Waals surface area contributed by atoms with E-state index in [2.05, 4.69) is 41.7 Å². The summed E-state index contributed by atoms with van der Waals surface area (Å²) in [5, 5.41) is 0.620. The number of thiazole rings is 1. The summed E-state index contributed by atoms with van der Waals surface area (Å²) in [6.07, 6.45) is 0. The Kier molecular flexibility index (Phi) is 2.62. The van der Waals surface area contributed by atoms with Crippen molar-refractivity contribution in [3.05, 3.63) is 13.9 Å². The van der Waals surface area contributed by atoms with Crippen molar-refractivity contribution in [2.75, 3.05) is 0 Å². The van der Waals surface area contributed by atoms with E-state index >= 15 is 0 Å². The van der Waals surface area contributed by atoms with E-state index < -0.39 is 0 Å². The van der Waals surface area contributed by atoms with Gasteiger partial charge < -0.3 is 0 Å². The summed E-state index contributed by atoms with van der Waals surface area (Å²) in [6, 6.07) is 0. The van der Waals surface area contributed by atoms with Crippen LogP contribution in [0.5, 0.6) is 0 Å². The first kappa shape index (κ1) is 9.49. The predicted molar refractivity (Wildman–Crippen MR) is 53.5 cm³/mol. The largest absolute Gasteiger partial charge is 0.217 e. The van der Waals surface area contributed by atoms with Crippen molar-refractivity contribution in [2.24, 2.45) is 0 Å². The van der Waals surface area contributed by atoms with Crippen molar-refractivity contribution < 1.29 is 0 Å². The summed E-state index contributed by atoms with van der Waals surface area (Å²) in [4.78, 5) is 5.21. The summed E-state index contributed by atoms with van der Waals surface area (Å²) in [5.41, 5.74) is 0.0980. The fraction of sp³-hybridized carbons (Fsp3) is 0.571. The number of halogens is 2. The minimum Gasteiger partial charge on any atom is -0.217 e. The molecule has 0 bridgehead atoms. The minimum absolute atomic E-state index is 0.0980. The molecule has 0 saturated heterocycles. The fourth-order valence-corrected chi connectivity index (χ4v) is 2.78. The predicted octanol–water partition coefficient (Wildman–Crippen LogP) is 3.86. The average molecular weight is 255 g/mol. The maximum atomic E-state index is 5.90. The van der Waals surface area contributed by atoms with Gasteiger partial charge in [-0.3, -0.25) is 0 Å². The second-order valence-corrected chi connectivity index (χ2v) is 5.97. The van der Waals surface area contributed by atoms with Crippen LogP contribution in [0.2, 0.25) is 5.15 Å². The number of hydrogen-bond acceptors (Lipinski definition) is 2. The monoisotopic (exact) mass is 253 g/mol. The normalized spacial score (nSPS) is 12.1. The molecule has 11 heavy (non-hydrogen) atoms. The maximum absolute atomic E-state index is 5.90. The van der Waals surface area contributed by atoms with Gasteiger partial charge in [-0.15, -0.1) is 11.3 Å². The molecule has 1 rings (SSSR count). The van der Waals surface area contributed by atoms with Gasteiger partial charge in [0, 0.05) is 4.88 Å². The minimum atomic E-state index is 0.0980. The zero-order valence-corrected chi connectivity index (χ0v) is 9.77. The van der Waals surface area contributed by atoms with Crippen LogP contribution in [0.4, 0.5) is 0 Å². The van der Waals surface area contributed by atoms with Crippen LogP contribution < -0.4 is 0 Å². The van der Waals surface area contributed by atoms with E-state index in [0.29, 0.717) is 5.15 Å². The number of rotatable bonds is 0. The summed E-state index contributed by atoms with van der Waals surface area (Å²) >= 11 is 10.8. The molecule has 0 saturated carbocycles. The first-order valence-corrected chi connectivity index (χ1v) is 5.22. The van der Waals surface area contributed by atoms with Gasteiger partial charge in [0.05, 0.1) is 0 Å². The van der Waals surface area contributed by atoms with Crippen LogP contribution in [0.15, 0.2) is 3.92 Å². The van der Waals surface area contributed by atoms with Crippen molar-refractivity contribution >= 4 is 38.9 Å². The Labute approximate surface area is 83.9 Å². The lowest BCUT2D eigenvalue weighted by atomic mass is 9.95. The van der Waals surface area contributed by atoms with Crippen molar-refractivity contribution in [2.45, 2.75) is 26.2 Å². The van der Waals surface area contributed by atoms with Crippen LogP contribution in [0.3, 0.4) is 0 Å². The van der Waals surface area contributed by atoms with Gasteiger partial charge in [-0.1, -0.05) is 32.4 Å². The van der Waals surface area contributed by atoms with Gasteiger partial charge in [-0.25, -0.2) is 4.98 Å². The van der Waals surface area contributed by atoms with Crippen LogP contribution in [0.1, 0.15) is 25.6 Å². The molecule has 0 fully saturated rings. The molecule has 0 aliphatic carbocycles. The van der Waals surface area contributed by atoms with E-state index in [1.807, 2.05) is 0 Å². The lowest BCUT2D eigenvalue weighted by molar-refractivity contribution is 0.602. The molecule has 1 heterocycles. The van der Waals surface area contributed by atoms with Gasteiger partial charge in [-0.2, -0.15) is 0 Å². The molecule has 0 N–H and O–H groups in total. The molecule has 0 spiro atoms. The van der Waals surface area contributed by atoms with Gasteiger partial charge >= 0.3 is 0 Å². The number of nitrogens with zero attached hydrogens (tertiary/aromatic N) is 1. The van der Waals surface area contributed by atoms with E-state index in [4.69, 9.17) is 11.6 Å². The summed E-state index contributed by atoms with van der Waals surface area (Å²) in [7, 11) is 0. The fourth-order valence-electron chi connectivity index (χ4n) is 0.740. The molecular formula is C7H9BrClNS. The average Bonchev–Trinajstić information content (AvgIpc) is 2.08. The van der Waals surface area contributed by atoms with Crippen molar-refractivity contribution in [1.82, 2.24) is 4.98 Å². The Hall–Kier alpha value is 0.400. The van der Waals surface area contributed by atoms with E-state index in [1.165, 1.54) is 0 Å². The van der Waals surface area contributed by atoms with Crippen molar-refractivity contribution in [1.29, 1.82) is 0 Å². The summed E-state index contributed by atoms with van der Waals surface area (Å²) in [6.45, 7) is 6.37. The smallest absolute Gasteiger partial charge is 0.161 e. The molecule has 0 amide bonds. The van der Waals surface area contributed by atoms with Gasteiger partial charge in [0.25, 0.3) is 0 Å². The van der Waals surface area contributed by atoms with E-state index in [0.717, 1.165) is 8.79 Å². The van der Waals surface area contributed by atoms with Crippen LogP contribution in [0, 0.1) is 0 Å². The van der Waals surface area contributed by atoms with Gasteiger partial charge in [0.1, 0.15) is 5.15 Å². The molecule has 0 aromatic carbocycles. The van der Waals surface area contributed by atoms with Crippen LogP contribution >= 0.6 is 38.9 Å². The number of aromatic nitrogens is 1. The van der Waals surface area contributed by atoms with Crippen molar-refractivity contribution in [3.63, 3.8) is 0 Å². The Balaban J connectivity index is 3.13. The first-order valence-electron chi connectivity index (χ1n) is 3.23. The SMILES string of the molecule is CC(C)(C)c1sc(Br)nc1Cl. The topological polar surface area (TPSA) is 12.9 Å². The van der Waals surface area contributed by atoms with E-state index in [1.54, 1.807) is 11.3 Å². The molecule has 0 radical (unpaired) electrons. The molecular weight excluding hydrogens is 246 g/mol. The quantitative estimate of drug-likeness (QED) is 0.685. The zero-order valence-electron chi connectivity index (χ0n) is 6.61. The molecule has 1 nitrogen and oxygen atoms in total. The highest BCUT2D eigenvalue weighted by Crippen LogP contribution is 2.36. The Morgan fingerprint density at radius 3 is 2.18 bits per heavy atom. The Morgan fingerprint density at radius 1 is 1.45 bits per heavy atom. The highest BCUT2D eigenvalue weighted by molar-refractivity contribution is 9.11. The second kappa shape index (κ2) is 3.04. The molecule has 1 aromatic rings. The first-order chi connectivity index (χ1) is 4.91. The van der Waals surface area contributed by atoms with E-state index in [-0.39, 0.29) is 5.41 Å². The van der Waals surface area contributed by atoms with Gasteiger partial charge in [0.15, 0.2) is 3.92 Å². The lowest BCUT2D eigenvalue weighted by Gasteiger charge is -2.15. The third kappa shape index (κ3) is 2.17. The molecule has 0 unspecified atom stereocenters. The molecule has 0 atom stereocenters.